The summed E-state index contributed by atoms with van der Waals surface area (Å²) in [6, 6.07) is 0. The summed E-state index contributed by atoms with van der Waals surface area (Å²) < 4.78 is 86.1. The topological polar surface area (TPSA) is 100 Å². The molecule has 1 saturated heterocycles. The van der Waals surface area contributed by atoms with Crippen molar-refractivity contribution in [2.75, 3.05) is 31.7 Å². The van der Waals surface area contributed by atoms with Gasteiger partial charge in [-0.3, -0.25) is 9.69 Å². The predicted molar refractivity (Wildman–Crippen MR) is 130 cm³/mol. The van der Waals surface area contributed by atoms with Crippen molar-refractivity contribution in [3.63, 3.8) is 0 Å². The van der Waals surface area contributed by atoms with Gasteiger partial charge in [0.25, 0.3) is 5.91 Å². The van der Waals surface area contributed by atoms with E-state index in [0.29, 0.717) is 0 Å². The molecule has 1 amide bonds. The van der Waals surface area contributed by atoms with Crippen molar-refractivity contribution in [2.45, 2.75) is 37.6 Å². The molecule has 0 bridgehead atoms. The number of alkyl halides is 3. The molecule has 16 heteroatoms. The first-order chi connectivity index (χ1) is 17.6. The number of rotatable bonds is 6. The molecule has 0 aromatic rings. The standard InChI is InChI=1S/C22H24Cl2F4N4O5S/c1-21(5-7-38(34,35)8-6-21)30-19(33)16-18(24)32-15(29-16)4-3-13(17(32)23)37-20-14(36-11-22(26,27)28)9-12(25)10-31(20)2/h3-4,9,15,29H,5-8,10-11H2,1-2H3,(H,30,33). The number of carbonyl (C=O) groups is 1. The lowest BCUT2D eigenvalue weighted by atomic mass is 9.95. The highest BCUT2D eigenvalue weighted by Crippen LogP contribution is 2.38. The molecular formula is C22H24Cl2F4N4O5S. The molecule has 1 atom stereocenters. The van der Waals surface area contributed by atoms with Gasteiger partial charge in [-0.2, -0.15) is 13.2 Å². The fourth-order valence-electron chi connectivity index (χ4n) is 4.14. The van der Waals surface area contributed by atoms with E-state index >= 15 is 0 Å². The number of amides is 1. The summed E-state index contributed by atoms with van der Waals surface area (Å²) in [7, 11) is -1.74. The van der Waals surface area contributed by atoms with Crippen LogP contribution in [0.5, 0.6) is 0 Å². The maximum Gasteiger partial charge on any atom is 0.422 e. The van der Waals surface area contributed by atoms with Gasteiger partial charge < -0.3 is 25.0 Å². The van der Waals surface area contributed by atoms with Crippen LogP contribution in [0.1, 0.15) is 19.8 Å². The van der Waals surface area contributed by atoms with Gasteiger partial charge in [0.15, 0.2) is 23.3 Å². The average molecular weight is 603 g/mol. The number of halogens is 6. The van der Waals surface area contributed by atoms with Gasteiger partial charge in [-0.15, -0.1) is 0 Å². The van der Waals surface area contributed by atoms with Gasteiger partial charge in [-0.05, 0) is 31.9 Å². The average Bonchev–Trinajstić information content (AvgIpc) is 3.15. The van der Waals surface area contributed by atoms with E-state index in [1.807, 2.05) is 0 Å². The number of hydrogen-bond donors (Lipinski definition) is 2. The molecule has 0 aromatic heterocycles. The van der Waals surface area contributed by atoms with Crippen LogP contribution in [-0.2, 0) is 24.1 Å². The number of carbonyl (C=O) groups excluding carboxylic acids is 1. The Labute approximate surface area is 226 Å². The third kappa shape index (κ3) is 6.18. The van der Waals surface area contributed by atoms with Gasteiger partial charge in [0, 0.05) is 18.7 Å². The first kappa shape index (κ1) is 28.4. The van der Waals surface area contributed by atoms with E-state index in [1.165, 1.54) is 22.9 Å². The number of allylic oxidation sites excluding steroid dienone is 2. The summed E-state index contributed by atoms with van der Waals surface area (Å²) >= 11 is 13.0. The molecule has 1 fully saturated rings. The second kappa shape index (κ2) is 10.2. The Balaban J connectivity index is 1.55. The van der Waals surface area contributed by atoms with E-state index in [1.54, 1.807) is 13.0 Å². The molecule has 4 rings (SSSR count). The van der Waals surface area contributed by atoms with Crippen LogP contribution in [-0.4, -0.2) is 73.7 Å². The summed E-state index contributed by atoms with van der Waals surface area (Å²) in [5.74, 6) is -2.12. The minimum atomic E-state index is -4.66. The minimum absolute atomic E-state index is 0.0106. The second-order valence-corrected chi connectivity index (χ2v) is 12.4. The van der Waals surface area contributed by atoms with Crippen LogP contribution in [0.4, 0.5) is 17.6 Å². The Kier molecular flexibility index (Phi) is 7.62. The summed E-state index contributed by atoms with van der Waals surface area (Å²) in [6.45, 7) is -0.188. The zero-order valence-corrected chi connectivity index (χ0v) is 22.5. The molecule has 0 aliphatic carbocycles. The van der Waals surface area contributed by atoms with E-state index in [9.17, 15) is 30.8 Å². The molecule has 9 nitrogen and oxygen atoms in total. The second-order valence-electron chi connectivity index (χ2n) is 9.43. The summed E-state index contributed by atoms with van der Waals surface area (Å²) in [5.41, 5.74) is -0.766. The zero-order valence-electron chi connectivity index (χ0n) is 20.2. The Morgan fingerprint density at radius 2 is 1.89 bits per heavy atom. The molecule has 4 aliphatic heterocycles. The highest BCUT2D eigenvalue weighted by molar-refractivity contribution is 7.91. The van der Waals surface area contributed by atoms with Crippen LogP contribution in [0.2, 0.25) is 0 Å². The maximum atomic E-state index is 13.9. The van der Waals surface area contributed by atoms with E-state index < -0.39 is 51.8 Å². The van der Waals surface area contributed by atoms with Crippen LogP contribution in [0.15, 0.2) is 57.5 Å². The SMILES string of the molecule is CN1CC(F)=CC(OCC(F)(F)F)=C1OC1=C(Cl)N2C(Cl)=C(C(=O)NC3(C)CCS(=O)(=O)CC3)NC2C=C1. The molecule has 0 aromatic carbocycles. The van der Waals surface area contributed by atoms with Crippen LogP contribution >= 0.6 is 23.2 Å². The van der Waals surface area contributed by atoms with E-state index in [4.69, 9.17) is 32.7 Å². The van der Waals surface area contributed by atoms with Gasteiger partial charge >= 0.3 is 6.18 Å². The van der Waals surface area contributed by atoms with Crippen molar-refractivity contribution in [2.24, 2.45) is 0 Å². The Morgan fingerprint density at radius 3 is 2.53 bits per heavy atom. The number of sulfone groups is 1. The maximum absolute atomic E-state index is 13.9. The highest BCUT2D eigenvalue weighted by Gasteiger charge is 2.41. The van der Waals surface area contributed by atoms with Gasteiger partial charge in [-0.1, -0.05) is 23.2 Å². The Hall–Kier alpha value is -2.58. The lowest BCUT2D eigenvalue weighted by molar-refractivity contribution is -0.165. The summed E-state index contributed by atoms with van der Waals surface area (Å²) in [6.07, 6.45) is -1.08. The fraction of sp³-hybridized carbons (Fsp3) is 0.500. The summed E-state index contributed by atoms with van der Waals surface area (Å²) in [4.78, 5) is 15.6. The third-order valence-corrected chi connectivity index (χ3v) is 8.63. The minimum Gasteiger partial charge on any atom is -0.478 e. The van der Waals surface area contributed by atoms with E-state index in [-0.39, 0.29) is 58.5 Å². The van der Waals surface area contributed by atoms with Crippen LogP contribution < -0.4 is 10.6 Å². The molecule has 210 valence electrons. The third-order valence-electron chi connectivity index (χ3n) is 6.24. The number of nitrogens with zero attached hydrogens (tertiary/aromatic N) is 2. The molecule has 4 aliphatic rings. The van der Waals surface area contributed by atoms with Gasteiger partial charge in [0.1, 0.15) is 32.7 Å². The number of likely N-dealkylation sites (N-methyl/N-ethyl adjacent to an activating group) is 1. The molecule has 38 heavy (non-hydrogen) atoms. The van der Waals surface area contributed by atoms with Crippen LogP contribution in [0.3, 0.4) is 0 Å². The predicted octanol–water partition coefficient (Wildman–Crippen LogP) is 3.25. The Morgan fingerprint density at radius 1 is 1.24 bits per heavy atom. The van der Waals surface area contributed by atoms with Crippen molar-refractivity contribution in [3.05, 3.63) is 57.5 Å². The number of nitrogens with one attached hydrogen (secondary N) is 2. The number of hydrogen-bond acceptors (Lipinski definition) is 8. The lowest BCUT2D eigenvalue weighted by Gasteiger charge is -2.34. The number of ether oxygens (including phenoxy) is 2. The quantitative estimate of drug-likeness (QED) is 0.353. The van der Waals surface area contributed by atoms with Crippen molar-refractivity contribution < 1.29 is 40.2 Å². The van der Waals surface area contributed by atoms with Crippen LogP contribution in [0.25, 0.3) is 0 Å². The van der Waals surface area contributed by atoms with Crippen molar-refractivity contribution in [1.82, 2.24) is 20.4 Å². The van der Waals surface area contributed by atoms with Crippen molar-refractivity contribution in [1.29, 1.82) is 0 Å². The molecule has 1 unspecified atom stereocenters. The van der Waals surface area contributed by atoms with Gasteiger partial charge in [-0.25, -0.2) is 12.8 Å². The summed E-state index contributed by atoms with van der Waals surface area (Å²) in [5, 5.41) is 5.59. The lowest BCUT2D eigenvalue weighted by Crippen LogP contribution is -2.52. The van der Waals surface area contributed by atoms with Crippen molar-refractivity contribution in [3.8, 4) is 0 Å². The largest absolute Gasteiger partial charge is 0.478 e. The van der Waals surface area contributed by atoms with E-state index in [0.717, 1.165) is 6.08 Å². The Bertz CT molecular complexity index is 1280. The zero-order chi connectivity index (χ0) is 28.0. The normalized spacial score (nSPS) is 24.7. The van der Waals surface area contributed by atoms with E-state index in [2.05, 4.69) is 10.6 Å². The number of fused-ring (bicyclic) bond motifs is 1. The molecular weight excluding hydrogens is 579 g/mol. The van der Waals surface area contributed by atoms with Gasteiger partial charge in [0.2, 0.25) is 5.88 Å². The van der Waals surface area contributed by atoms with Gasteiger partial charge in [0.05, 0.1) is 18.1 Å². The monoisotopic (exact) mass is 602 g/mol. The molecule has 0 spiro atoms. The first-order valence-electron chi connectivity index (χ1n) is 11.3. The fourth-order valence-corrected chi connectivity index (χ4v) is 6.53. The molecule has 4 heterocycles. The van der Waals surface area contributed by atoms with Crippen LogP contribution in [0, 0.1) is 0 Å². The molecule has 2 N–H and O–H groups in total. The smallest absolute Gasteiger partial charge is 0.422 e. The first-order valence-corrected chi connectivity index (χ1v) is 13.9. The molecule has 0 radical (unpaired) electrons. The highest BCUT2D eigenvalue weighted by atomic mass is 35.5. The van der Waals surface area contributed by atoms with Crippen molar-refractivity contribution >= 4 is 38.9 Å². The molecule has 0 saturated carbocycles.